The first-order valence-electron chi connectivity index (χ1n) is 5.99. The first-order valence-corrected chi connectivity index (χ1v) is 7.16. The van der Waals surface area contributed by atoms with E-state index in [1.54, 1.807) is 12.1 Å². The number of benzene rings is 2. The van der Waals surface area contributed by atoms with Gasteiger partial charge in [0.15, 0.2) is 0 Å². The number of aryl methyl sites for hydroxylation is 1. The molecule has 0 aliphatic heterocycles. The fraction of sp³-hybridized carbons (Fsp3) is 0.0667. The minimum absolute atomic E-state index is 0.0576. The van der Waals surface area contributed by atoms with Crippen LogP contribution in [0.3, 0.4) is 0 Å². The summed E-state index contributed by atoms with van der Waals surface area (Å²) >= 11 is 9.31. The highest BCUT2D eigenvalue weighted by Gasteiger charge is 2.13. The van der Waals surface area contributed by atoms with Crippen molar-refractivity contribution in [1.82, 2.24) is 0 Å². The Labute approximate surface area is 134 Å². The van der Waals surface area contributed by atoms with Crippen molar-refractivity contribution in [3.05, 3.63) is 62.6 Å². The first kappa shape index (κ1) is 15.5. The fourth-order valence-corrected chi connectivity index (χ4v) is 2.47. The smallest absolute Gasteiger partial charge is 0.335 e. The Hall–Kier alpha value is -1.85. The predicted molar refractivity (Wildman–Crippen MR) is 85.2 cm³/mol. The van der Waals surface area contributed by atoms with E-state index in [9.17, 15) is 9.59 Å². The molecular formula is C15H11BrClNO3. The molecule has 21 heavy (non-hydrogen) atoms. The summed E-state index contributed by atoms with van der Waals surface area (Å²) in [7, 11) is 0. The molecule has 108 valence electrons. The molecule has 2 rings (SSSR count). The summed E-state index contributed by atoms with van der Waals surface area (Å²) in [6.07, 6.45) is 0. The lowest BCUT2D eigenvalue weighted by molar-refractivity contribution is 0.0696. The number of carboxylic acid groups (broad SMARTS) is 1. The van der Waals surface area contributed by atoms with Crippen LogP contribution in [0.5, 0.6) is 0 Å². The van der Waals surface area contributed by atoms with E-state index in [-0.39, 0.29) is 22.2 Å². The molecule has 0 bridgehead atoms. The third-order valence-electron chi connectivity index (χ3n) is 2.89. The van der Waals surface area contributed by atoms with E-state index >= 15 is 0 Å². The van der Waals surface area contributed by atoms with Gasteiger partial charge in [0.1, 0.15) is 0 Å². The average molecular weight is 369 g/mol. The van der Waals surface area contributed by atoms with Gasteiger partial charge in [-0.3, -0.25) is 4.79 Å². The van der Waals surface area contributed by atoms with Crippen LogP contribution in [0.2, 0.25) is 5.02 Å². The van der Waals surface area contributed by atoms with Crippen molar-refractivity contribution in [2.24, 2.45) is 0 Å². The minimum Gasteiger partial charge on any atom is -0.478 e. The molecule has 0 saturated heterocycles. The van der Waals surface area contributed by atoms with Gasteiger partial charge < -0.3 is 10.4 Å². The van der Waals surface area contributed by atoms with Crippen molar-refractivity contribution < 1.29 is 14.7 Å². The molecule has 0 heterocycles. The number of anilines is 1. The average Bonchev–Trinajstić information content (AvgIpc) is 2.40. The fourth-order valence-electron chi connectivity index (χ4n) is 1.83. The number of amides is 1. The molecule has 2 aromatic carbocycles. The van der Waals surface area contributed by atoms with Crippen LogP contribution in [0.1, 0.15) is 26.3 Å². The number of carbonyl (C=O) groups is 2. The van der Waals surface area contributed by atoms with Crippen LogP contribution in [0, 0.1) is 6.92 Å². The quantitative estimate of drug-likeness (QED) is 0.846. The number of hydrogen-bond donors (Lipinski definition) is 2. The SMILES string of the molecule is Cc1cc(Br)ccc1C(=O)Nc1cc(C(=O)O)ccc1Cl. The maximum atomic E-state index is 12.2. The summed E-state index contributed by atoms with van der Waals surface area (Å²) in [6.45, 7) is 1.81. The zero-order valence-electron chi connectivity index (χ0n) is 11.0. The second-order valence-corrected chi connectivity index (χ2v) is 5.74. The Morgan fingerprint density at radius 1 is 1.19 bits per heavy atom. The van der Waals surface area contributed by atoms with Crippen molar-refractivity contribution in [3.63, 3.8) is 0 Å². The molecule has 2 N–H and O–H groups in total. The monoisotopic (exact) mass is 367 g/mol. The van der Waals surface area contributed by atoms with Gasteiger partial charge >= 0.3 is 5.97 Å². The van der Waals surface area contributed by atoms with Gasteiger partial charge in [0.25, 0.3) is 5.91 Å². The van der Waals surface area contributed by atoms with E-state index in [4.69, 9.17) is 16.7 Å². The molecule has 0 aliphatic rings. The van der Waals surface area contributed by atoms with Gasteiger partial charge in [-0.2, -0.15) is 0 Å². The van der Waals surface area contributed by atoms with E-state index in [1.165, 1.54) is 18.2 Å². The summed E-state index contributed by atoms with van der Waals surface area (Å²) in [6, 6.07) is 9.42. The van der Waals surface area contributed by atoms with Crippen LogP contribution in [-0.4, -0.2) is 17.0 Å². The molecule has 1 amide bonds. The lowest BCUT2D eigenvalue weighted by Gasteiger charge is -2.10. The lowest BCUT2D eigenvalue weighted by Crippen LogP contribution is -2.14. The number of hydrogen-bond acceptors (Lipinski definition) is 2. The molecule has 0 radical (unpaired) electrons. The van der Waals surface area contributed by atoms with Gasteiger partial charge in [-0.05, 0) is 48.9 Å². The summed E-state index contributed by atoms with van der Waals surface area (Å²) in [5.74, 6) is -1.42. The molecule has 4 nitrogen and oxygen atoms in total. The molecule has 0 unspecified atom stereocenters. The molecule has 0 saturated carbocycles. The molecule has 0 spiro atoms. The van der Waals surface area contributed by atoms with E-state index in [1.807, 2.05) is 13.0 Å². The van der Waals surface area contributed by atoms with Crippen LogP contribution >= 0.6 is 27.5 Å². The van der Waals surface area contributed by atoms with Crippen molar-refractivity contribution in [2.45, 2.75) is 6.92 Å². The standard InChI is InChI=1S/C15H11BrClNO3/c1-8-6-10(16)3-4-11(8)14(19)18-13-7-9(15(20)21)2-5-12(13)17/h2-7H,1H3,(H,18,19)(H,20,21). The molecule has 2 aromatic rings. The highest BCUT2D eigenvalue weighted by Crippen LogP contribution is 2.24. The van der Waals surface area contributed by atoms with Gasteiger partial charge in [-0.1, -0.05) is 27.5 Å². The van der Waals surface area contributed by atoms with Gasteiger partial charge in [-0.15, -0.1) is 0 Å². The number of carboxylic acids is 1. The van der Waals surface area contributed by atoms with Gasteiger partial charge in [0, 0.05) is 10.0 Å². The van der Waals surface area contributed by atoms with E-state index in [0.29, 0.717) is 5.56 Å². The number of aromatic carboxylic acids is 1. The first-order chi connectivity index (χ1) is 9.88. The summed E-state index contributed by atoms with van der Waals surface area (Å²) in [5, 5.41) is 11.9. The highest BCUT2D eigenvalue weighted by atomic mass is 79.9. The largest absolute Gasteiger partial charge is 0.478 e. The van der Waals surface area contributed by atoms with E-state index in [0.717, 1.165) is 10.0 Å². The number of halogens is 2. The van der Waals surface area contributed by atoms with Crippen molar-refractivity contribution in [1.29, 1.82) is 0 Å². The third kappa shape index (κ3) is 3.62. The summed E-state index contributed by atoms with van der Waals surface area (Å²) < 4.78 is 0.877. The molecule has 0 fully saturated rings. The summed E-state index contributed by atoms with van der Waals surface area (Å²) in [4.78, 5) is 23.2. The Bertz CT molecular complexity index is 731. The normalized spacial score (nSPS) is 10.2. The van der Waals surface area contributed by atoms with Crippen LogP contribution < -0.4 is 5.32 Å². The Morgan fingerprint density at radius 2 is 1.90 bits per heavy atom. The van der Waals surface area contributed by atoms with Gasteiger partial charge in [0.2, 0.25) is 0 Å². The number of nitrogens with one attached hydrogen (secondary N) is 1. The maximum absolute atomic E-state index is 12.2. The Balaban J connectivity index is 2.31. The van der Waals surface area contributed by atoms with Gasteiger partial charge in [0.05, 0.1) is 16.3 Å². The molecule has 0 atom stereocenters. The van der Waals surface area contributed by atoms with Crippen molar-refractivity contribution >= 4 is 45.1 Å². The zero-order chi connectivity index (χ0) is 15.6. The lowest BCUT2D eigenvalue weighted by atomic mass is 10.1. The molecular weight excluding hydrogens is 358 g/mol. The van der Waals surface area contributed by atoms with Crippen molar-refractivity contribution in [2.75, 3.05) is 5.32 Å². The molecule has 6 heteroatoms. The van der Waals surface area contributed by atoms with E-state index in [2.05, 4.69) is 21.2 Å². The van der Waals surface area contributed by atoms with Crippen LogP contribution in [0.25, 0.3) is 0 Å². The van der Waals surface area contributed by atoms with Crippen molar-refractivity contribution in [3.8, 4) is 0 Å². The van der Waals surface area contributed by atoms with E-state index < -0.39 is 5.97 Å². The number of rotatable bonds is 3. The zero-order valence-corrected chi connectivity index (χ0v) is 13.3. The molecule has 0 aromatic heterocycles. The Kier molecular flexibility index (Phi) is 4.65. The predicted octanol–water partition coefficient (Wildman–Crippen LogP) is 4.36. The van der Waals surface area contributed by atoms with Crippen LogP contribution in [0.15, 0.2) is 40.9 Å². The minimum atomic E-state index is -1.08. The molecule has 0 aliphatic carbocycles. The second-order valence-electron chi connectivity index (χ2n) is 4.41. The maximum Gasteiger partial charge on any atom is 0.335 e. The van der Waals surface area contributed by atoms with Gasteiger partial charge in [-0.25, -0.2) is 4.79 Å². The summed E-state index contributed by atoms with van der Waals surface area (Å²) in [5.41, 5.74) is 1.62. The van der Waals surface area contributed by atoms with Crippen LogP contribution in [0.4, 0.5) is 5.69 Å². The number of carbonyl (C=O) groups excluding carboxylic acids is 1. The second kappa shape index (κ2) is 6.28. The highest BCUT2D eigenvalue weighted by molar-refractivity contribution is 9.10. The third-order valence-corrected chi connectivity index (χ3v) is 3.72. The van der Waals surface area contributed by atoms with Crippen LogP contribution in [-0.2, 0) is 0 Å². The Morgan fingerprint density at radius 3 is 2.52 bits per heavy atom. The topological polar surface area (TPSA) is 66.4 Å².